The lowest BCUT2D eigenvalue weighted by Gasteiger charge is -2.14. The van der Waals surface area contributed by atoms with Crippen molar-refractivity contribution >= 4 is 6.09 Å². The molecule has 0 aliphatic rings. The molecule has 33 heavy (non-hydrogen) atoms. The predicted octanol–water partition coefficient (Wildman–Crippen LogP) is 3.67. The lowest BCUT2D eigenvalue weighted by atomic mass is 10.0. The van der Waals surface area contributed by atoms with Gasteiger partial charge in [-0.05, 0) is 44.5 Å². The number of carbonyl (C=O) groups excluding carboxylic acids is 1. The van der Waals surface area contributed by atoms with Gasteiger partial charge in [0.25, 0.3) is 5.89 Å². The van der Waals surface area contributed by atoms with E-state index in [2.05, 4.69) is 30.4 Å². The van der Waals surface area contributed by atoms with Crippen LogP contribution in [0.15, 0.2) is 65.6 Å². The van der Waals surface area contributed by atoms with Gasteiger partial charge in [0.15, 0.2) is 11.6 Å². The average molecular weight is 446 g/mol. The lowest BCUT2D eigenvalue weighted by molar-refractivity contribution is 0.0420. The Hall–Kier alpha value is -4.18. The number of aromatic nitrogens is 5. The number of carbonyl (C=O) groups is 1. The Bertz CT molecular complexity index is 1240. The Kier molecular flexibility index (Phi) is 6.09. The second kappa shape index (κ2) is 9.13. The van der Waals surface area contributed by atoms with Crippen molar-refractivity contribution in [2.45, 2.75) is 32.4 Å². The highest BCUT2D eigenvalue weighted by atomic mass is 16.6. The van der Waals surface area contributed by atoms with E-state index < -0.39 is 11.7 Å². The minimum atomic E-state index is -1.24. The summed E-state index contributed by atoms with van der Waals surface area (Å²) in [6.07, 6.45) is 3.83. The first kappa shape index (κ1) is 22.0. The van der Waals surface area contributed by atoms with Crippen molar-refractivity contribution in [1.29, 1.82) is 0 Å². The van der Waals surface area contributed by atoms with E-state index in [1.165, 1.54) is 12.4 Å². The number of benzene rings is 1. The lowest BCUT2D eigenvalue weighted by Crippen LogP contribution is -2.29. The van der Waals surface area contributed by atoms with E-state index >= 15 is 0 Å². The second-order valence-corrected chi connectivity index (χ2v) is 7.82. The minimum absolute atomic E-state index is 0.119. The van der Waals surface area contributed by atoms with Gasteiger partial charge in [-0.25, -0.2) is 14.8 Å². The van der Waals surface area contributed by atoms with Gasteiger partial charge in [-0.2, -0.15) is 4.98 Å². The third kappa shape index (κ3) is 5.36. The van der Waals surface area contributed by atoms with Gasteiger partial charge in [0.05, 0.1) is 18.4 Å². The van der Waals surface area contributed by atoms with Gasteiger partial charge in [0, 0.05) is 11.8 Å². The number of nitrogens with zero attached hydrogens (tertiary/aromatic N) is 5. The molecular formula is C23H22N6O4. The second-order valence-electron chi connectivity index (χ2n) is 7.82. The van der Waals surface area contributed by atoms with Crippen molar-refractivity contribution < 1.29 is 19.2 Å². The Balaban J connectivity index is 1.40. The molecule has 4 aromatic rings. The van der Waals surface area contributed by atoms with Crippen LogP contribution in [-0.2, 0) is 5.60 Å². The number of rotatable bonds is 6. The molecule has 1 amide bonds. The van der Waals surface area contributed by atoms with Crippen molar-refractivity contribution in [3.05, 3.63) is 72.5 Å². The number of nitrogens with one attached hydrogen (secondary N) is 1. The van der Waals surface area contributed by atoms with Crippen LogP contribution in [0.4, 0.5) is 4.79 Å². The molecule has 0 unspecified atom stereocenters. The summed E-state index contributed by atoms with van der Waals surface area (Å²) in [5.74, 6) is 1.10. The number of ether oxygens (including phenoxy) is 1. The van der Waals surface area contributed by atoms with Gasteiger partial charge in [0.1, 0.15) is 11.3 Å². The molecule has 10 nitrogen and oxygen atoms in total. The maximum absolute atomic E-state index is 12.4. The largest absolute Gasteiger partial charge is 0.413 e. The van der Waals surface area contributed by atoms with Crippen molar-refractivity contribution in [1.82, 2.24) is 30.4 Å². The van der Waals surface area contributed by atoms with Crippen molar-refractivity contribution in [2.24, 2.45) is 0 Å². The van der Waals surface area contributed by atoms with Gasteiger partial charge in [-0.1, -0.05) is 29.4 Å². The predicted molar refractivity (Wildman–Crippen MR) is 118 cm³/mol. The molecule has 0 spiro atoms. The van der Waals surface area contributed by atoms with E-state index in [0.29, 0.717) is 22.9 Å². The van der Waals surface area contributed by atoms with Crippen LogP contribution in [0.1, 0.15) is 38.3 Å². The molecular weight excluding hydrogens is 424 g/mol. The van der Waals surface area contributed by atoms with Crippen molar-refractivity contribution in [2.75, 3.05) is 0 Å². The Morgan fingerprint density at radius 1 is 1.09 bits per heavy atom. The molecule has 1 atom stereocenters. The number of pyridine rings is 1. The molecule has 0 bridgehead atoms. The fraction of sp³-hybridized carbons (Fsp3) is 0.217. The van der Waals surface area contributed by atoms with Gasteiger partial charge < -0.3 is 19.7 Å². The molecule has 0 aliphatic heterocycles. The number of aliphatic hydroxyl groups is 1. The Labute approximate surface area is 189 Å². The van der Waals surface area contributed by atoms with Crippen LogP contribution >= 0.6 is 0 Å². The SMILES string of the molecule is C[C@H](NC(=O)Oc1cnc(-c2ccccn2)nc1)c1cccc(-c2noc(C(C)(C)O)n2)c1. The van der Waals surface area contributed by atoms with E-state index in [1.807, 2.05) is 37.3 Å². The van der Waals surface area contributed by atoms with E-state index in [1.54, 1.807) is 32.2 Å². The molecule has 0 saturated carbocycles. The molecule has 0 saturated heterocycles. The molecule has 3 aromatic heterocycles. The van der Waals surface area contributed by atoms with E-state index in [0.717, 1.165) is 5.56 Å². The third-order valence-electron chi connectivity index (χ3n) is 4.66. The molecule has 168 valence electrons. The highest BCUT2D eigenvalue weighted by Gasteiger charge is 2.24. The van der Waals surface area contributed by atoms with E-state index in [4.69, 9.17) is 9.26 Å². The summed E-state index contributed by atoms with van der Waals surface area (Å²) in [5, 5.41) is 16.7. The molecule has 0 aliphatic carbocycles. The highest BCUT2D eigenvalue weighted by molar-refractivity contribution is 5.71. The molecule has 1 aromatic carbocycles. The van der Waals surface area contributed by atoms with Crippen molar-refractivity contribution in [3.8, 4) is 28.7 Å². The molecule has 2 N–H and O–H groups in total. The Morgan fingerprint density at radius 3 is 2.55 bits per heavy atom. The first-order chi connectivity index (χ1) is 15.8. The summed E-state index contributed by atoms with van der Waals surface area (Å²) in [4.78, 5) is 29.1. The topological polar surface area (TPSA) is 136 Å². The molecule has 0 fully saturated rings. The van der Waals surface area contributed by atoms with Crippen LogP contribution in [0, 0.1) is 0 Å². The van der Waals surface area contributed by atoms with Gasteiger partial charge in [-0.3, -0.25) is 4.98 Å². The fourth-order valence-electron chi connectivity index (χ4n) is 2.93. The molecule has 3 heterocycles. The van der Waals surface area contributed by atoms with E-state index in [-0.39, 0.29) is 17.7 Å². The maximum Gasteiger partial charge on any atom is 0.413 e. The fourth-order valence-corrected chi connectivity index (χ4v) is 2.93. The standard InChI is InChI=1S/C23H22N6O4/c1-14(15-7-6-8-16(11-15)19-28-21(33-29-19)23(2,3)31)27-22(30)32-17-12-25-20(26-13-17)18-9-4-5-10-24-18/h4-14,31H,1-3H3,(H,27,30)/t14-/m0/s1. The summed E-state index contributed by atoms with van der Waals surface area (Å²) in [5.41, 5.74) is 0.882. The van der Waals surface area contributed by atoms with Crippen LogP contribution in [-0.4, -0.2) is 36.3 Å². The smallest absolute Gasteiger partial charge is 0.407 e. The maximum atomic E-state index is 12.4. The normalized spacial score (nSPS) is 12.2. The molecule has 0 radical (unpaired) electrons. The van der Waals surface area contributed by atoms with Gasteiger partial charge in [0.2, 0.25) is 5.82 Å². The molecule has 4 rings (SSSR count). The van der Waals surface area contributed by atoms with Crippen LogP contribution in [0.2, 0.25) is 0 Å². The summed E-state index contributed by atoms with van der Waals surface area (Å²) >= 11 is 0. The van der Waals surface area contributed by atoms with Crippen LogP contribution in [0.3, 0.4) is 0 Å². The van der Waals surface area contributed by atoms with Crippen molar-refractivity contribution in [3.63, 3.8) is 0 Å². The number of hydrogen-bond acceptors (Lipinski definition) is 9. The van der Waals surface area contributed by atoms with E-state index in [9.17, 15) is 9.90 Å². The van der Waals surface area contributed by atoms with Crippen LogP contribution in [0.25, 0.3) is 22.9 Å². The van der Waals surface area contributed by atoms with Gasteiger partial charge in [-0.15, -0.1) is 0 Å². The summed E-state index contributed by atoms with van der Waals surface area (Å²) in [6.45, 7) is 4.95. The third-order valence-corrected chi connectivity index (χ3v) is 4.66. The first-order valence-electron chi connectivity index (χ1n) is 10.2. The zero-order chi connectivity index (χ0) is 23.4. The minimum Gasteiger partial charge on any atom is -0.407 e. The molecule has 10 heteroatoms. The summed E-state index contributed by atoms with van der Waals surface area (Å²) in [7, 11) is 0. The van der Waals surface area contributed by atoms with Gasteiger partial charge >= 0.3 is 6.09 Å². The monoisotopic (exact) mass is 446 g/mol. The number of hydrogen-bond donors (Lipinski definition) is 2. The van der Waals surface area contributed by atoms with Crippen LogP contribution < -0.4 is 10.1 Å². The summed E-state index contributed by atoms with van der Waals surface area (Å²) in [6, 6.07) is 12.4. The highest BCUT2D eigenvalue weighted by Crippen LogP contribution is 2.24. The summed E-state index contributed by atoms with van der Waals surface area (Å²) < 4.78 is 10.4. The zero-order valence-corrected chi connectivity index (χ0v) is 18.3. The average Bonchev–Trinajstić information content (AvgIpc) is 3.31. The Morgan fingerprint density at radius 2 is 1.88 bits per heavy atom. The quantitative estimate of drug-likeness (QED) is 0.454. The zero-order valence-electron chi connectivity index (χ0n) is 18.3. The van der Waals surface area contributed by atoms with Crippen LogP contribution in [0.5, 0.6) is 5.75 Å². The first-order valence-corrected chi connectivity index (χ1v) is 10.2. The number of amides is 1.